The summed E-state index contributed by atoms with van der Waals surface area (Å²) in [6, 6.07) is 5.94. The molecule has 180 valence electrons. The van der Waals surface area contributed by atoms with Crippen LogP contribution in [0.15, 0.2) is 30.6 Å². The first-order chi connectivity index (χ1) is 16.6. The number of methoxy groups -OCH3 is 1. The standard InChI is InChI=1S/C24H30N6O4/c1-33-24(32)29-12-2-4-18-19(29)5-6-20-23(18)27-21(7-13-28-11-3-10-25-28)30(20)16-22(31)26-17-8-14-34-15-9-17/h3,5-6,10-11,17H,2,4,7-9,12-16H2,1H3,(H,26,31). The number of benzene rings is 1. The molecule has 10 heteroatoms. The van der Waals surface area contributed by atoms with E-state index in [0.29, 0.717) is 32.7 Å². The van der Waals surface area contributed by atoms with Crippen molar-refractivity contribution in [1.29, 1.82) is 0 Å². The molecule has 0 saturated carbocycles. The molecule has 2 aliphatic heterocycles. The second-order valence-electron chi connectivity index (χ2n) is 8.74. The number of carbonyl (C=O) groups excluding carboxylic acids is 2. The minimum absolute atomic E-state index is 0.0274. The molecule has 0 unspecified atom stereocenters. The molecule has 2 amide bonds. The van der Waals surface area contributed by atoms with Gasteiger partial charge in [0.2, 0.25) is 5.91 Å². The van der Waals surface area contributed by atoms with Gasteiger partial charge in [0.1, 0.15) is 12.4 Å². The number of fused-ring (bicyclic) bond motifs is 3. The minimum Gasteiger partial charge on any atom is -0.452 e. The van der Waals surface area contributed by atoms with E-state index in [0.717, 1.165) is 53.8 Å². The van der Waals surface area contributed by atoms with Crippen molar-refractivity contribution in [1.82, 2.24) is 24.6 Å². The molecule has 3 aromatic rings. The van der Waals surface area contributed by atoms with Crippen LogP contribution < -0.4 is 10.2 Å². The van der Waals surface area contributed by atoms with Gasteiger partial charge in [-0.05, 0) is 43.9 Å². The molecule has 10 nitrogen and oxygen atoms in total. The minimum atomic E-state index is -0.366. The highest BCUT2D eigenvalue weighted by Gasteiger charge is 2.27. The largest absolute Gasteiger partial charge is 0.452 e. The molecule has 1 fully saturated rings. The van der Waals surface area contributed by atoms with Gasteiger partial charge in [-0.25, -0.2) is 9.78 Å². The lowest BCUT2D eigenvalue weighted by molar-refractivity contribution is -0.122. The maximum atomic E-state index is 13.0. The Bertz CT molecular complexity index is 1170. The van der Waals surface area contributed by atoms with Crippen LogP contribution in [0.1, 0.15) is 30.7 Å². The fourth-order valence-corrected chi connectivity index (χ4v) is 4.89. The molecule has 0 atom stereocenters. The summed E-state index contributed by atoms with van der Waals surface area (Å²) in [6.07, 6.45) is 7.26. The summed E-state index contributed by atoms with van der Waals surface area (Å²) in [4.78, 5) is 32.0. The van der Waals surface area contributed by atoms with Crippen molar-refractivity contribution >= 4 is 28.7 Å². The average Bonchev–Trinajstić information content (AvgIpc) is 3.50. The lowest BCUT2D eigenvalue weighted by Gasteiger charge is -2.28. The van der Waals surface area contributed by atoms with Crippen LogP contribution in [0.25, 0.3) is 11.0 Å². The highest BCUT2D eigenvalue weighted by atomic mass is 16.5. The monoisotopic (exact) mass is 466 g/mol. The summed E-state index contributed by atoms with van der Waals surface area (Å²) in [5.41, 5.74) is 3.61. The maximum Gasteiger partial charge on any atom is 0.414 e. The predicted octanol–water partition coefficient (Wildman–Crippen LogP) is 2.29. The molecule has 0 bridgehead atoms. The van der Waals surface area contributed by atoms with E-state index in [1.807, 2.05) is 33.6 Å². The number of ether oxygens (including phenoxy) is 2. The molecule has 5 rings (SSSR count). The number of hydrogen-bond acceptors (Lipinski definition) is 6. The molecule has 4 heterocycles. The van der Waals surface area contributed by atoms with Crippen LogP contribution in [0.4, 0.5) is 10.5 Å². The molecule has 2 aliphatic rings. The Labute approximate surface area is 197 Å². The Hall–Kier alpha value is -3.40. The molecule has 1 aromatic carbocycles. The zero-order valence-corrected chi connectivity index (χ0v) is 19.4. The van der Waals surface area contributed by atoms with Crippen molar-refractivity contribution in [2.45, 2.75) is 51.2 Å². The van der Waals surface area contributed by atoms with Crippen molar-refractivity contribution in [2.24, 2.45) is 0 Å². The highest BCUT2D eigenvalue weighted by Crippen LogP contribution is 2.34. The molecule has 34 heavy (non-hydrogen) atoms. The van der Waals surface area contributed by atoms with E-state index in [-0.39, 0.29) is 24.6 Å². The van der Waals surface area contributed by atoms with Crippen LogP contribution in [-0.2, 0) is 40.2 Å². The van der Waals surface area contributed by atoms with Gasteiger partial charge in [0, 0.05) is 56.7 Å². The van der Waals surface area contributed by atoms with E-state index in [9.17, 15) is 9.59 Å². The van der Waals surface area contributed by atoms with Gasteiger partial charge in [0.25, 0.3) is 0 Å². The first-order valence-electron chi connectivity index (χ1n) is 11.8. The molecular formula is C24H30N6O4. The molecule has 0 aliphatic carbocycles. The van der Waals surface area contributed by atoms with E-state index in [4.69, 9.17) is 14.5 Å². The zero-order chi connectivity index (χ0) is 23.5. The van der Waals surface area contributed by atoms with Crippen LogP contribution in [0.3, 0.4) is 0 Å². The van der Waals surface area contributed by atoms with Gasteiger partial charge in [0.05, 0.1) is 23.8 Å². The number of carbonyl (C=O) groups is 2. The van der Waals surface area contributed by atoms with E-state index in [1.165, 1.54) is 7.11 Å². The van der Waals surface area contributed by atoms with Crippen LogP contribution in [0.2, 0.25) is 0 Å². The molecular weight excluding hydrogens is 436 g/mol. The number of aromatic nitrogens is 4. The van der Waals surface area contributed by atoms with Crippen molar-refractivity contribution in [3.05, 3.63) is 42.0 Å². The summed E-state index contributed by atoms with van der Waals surface area (Å²) < 4.78 is 14.3. The fourth-order valence-electron chi connectivity index (χ4n) is 4.89. The smallest absolute Gasteiger partial charge is 0.414 e. The summed E-state index contributed by atoms with van der Waals surface area (Å²) >= 11 is 0. The Kier molecular flexibility index (Phi) is 6.48. The van der Waals surface area contributed by atoms with Crippen molar-refractivity contribution < 1.29 is 19.1 Å². The van der Waals surface area contributed by atoms with Crippen LogP contribution in [-0.4, -0.2) is 64.2 Å². The Morgan fingerprint density at radius 1 is 1.26 bits per heavy atom. The topological polar surface area (TPSA) is 104 Å². The number of hydrogen-bond donors (Lipinski definition) is 1. The summed E-state index contributed by atoms with van der Waals surface area (Å²) in [5, 5.41) is 7.45. The predicted molar refractivity (Wildman–Crippen MR) is 126 cm³/mol. The van der Waals surface area contributed by atoms with Crippen molar-refractivity contribution in [2.75, 3.05) is 31.8 Å². The number of amides is 2. The van der Waals surface area contributed by atoms with E-state index in [2.05, 4.69) is 10.4 Å². The van der Waals surface area contributed by atoms with Crippen molar-refractivity contribution in [3.63, 3.8) is 0 Å². The zero-order valence-electron chi connectivity index (χ0n) is 19.4. The van der Waals surface area contributed by atoms with Crippen LogP contribution in [0.5, 0.6) is 0 Å². The lowest BCUT2D eigenvalue weighted by atomic mass is 10.0. The average molecular weight is 467 g/mol. The number of aryl methyl sites for hydroxylation is 3. The van der Waals surface area contributed by atoms with E-state index < -0.39 is 0 Å². The molecule has 2 aromatic heterocycles. The van der Waals surface area contributed by atoms with E-state index in [1.54, 1.807) is 11.1 Å². The lowest BCUT2D eigenvalue weighted by Crippen LogP contribution is -2.40. The first-order valence-corrected chi connectivity index (χ1v) is 11.8. The maximum absolute atomic E-state index is 13.0. The summed E-state index contributed by atoms with van der Waals surface area (Å²) in [6.45, 7) is 2.83. The van der Waals surface area contributed by atoms with Gasteiger partial charge < -0.3 is 19.4 Å². The Morgan fingerprint density at radius 2 is 2.12 bits per heavy atom. The Morgan fingerprint density at radius 3 is 2.88 bits per heavy atom. The van der Waals surface area contributed by atoms with Gasteiger partial charge in [-0.1, -0.05) is 0 Å². The van der Waals surface area contributed by atoms with Gasteiger partial charge in [-0.3, -0.25) is 14.4 Å². The number of rotatable bonds is 6. The molecule has 0 radical (unpaired) electrons. The second kappa shape index (κ2) is 9.84. The third-order valence-corrected chi connectivity index (χ3v) is 6.59. The molecule has 0 spiro atoms. The number of nitrogens with one attached hydrogen (secondary N) is 1. The van der Waals surface area contributed by atoms with Gasteiger partial charge in [-0.15, -0.1) is 0 Å². The molecule has 1 saturated heterocycles. The highest BCUT2D eigenvalue weighted by molar-refractivity contribution is 5.95. The first kappa shape index (κ1) is 22.4. The summed E-state index contributed by atoms with van der Waals surface area (Å²) in [7, 11) is 1.40. The van der Waals surface area contributed by atoms with Gasteiger partial charge >= 0.3 is 6.09 Å². The second-order valence-corrected chi connectivity index (χ2v) is 8.74. The van der Waals surface area contributed by atoms with Crippen LogP contribution in [0, 0.1) is 0 Å². The SMILES string of the molecule is COC(=O)N1CCCc2c1ccc1c2nc(CCn2cccn2)n1CC(=O)NC1CCOCC1. The van der Waals surface area contributed by atoms with Crippen LogP contribution >= 0.6 is 0 Å². The summed E-state index contributed by atoms with van der Waals surface area (Å²) in [5.74, 6) is 0.802. The third kappa shape index (κ3) is 4.50. The quantitative estimate of drug-likeness (QED) is 0.598. The fraction of sp³-hybridized carbons (Fsp3) is 0.500. The van der Waals surface area contributed by atoms with Gasteiger partial charge in [-0.2, -0.15) is 5.10 Å². The number of anilines is 1. The van der Waals surface area contributed by atoms with Gasteiger partial charge in [0.15, 0.2) is 0 Å². The number of imidazole rings is 1. The van der Waals surface area contributed by atoms with Crippen molar-refractivity contribution in [3.8, 4) is 0 Å². The third-order valence-electron chi connectivity index (χ3n) is 6.59. The normalized spacial score (nSPS) is 16.4. The molecule has 1 N–H and O–H groups in total. The number of nitrogens with zero attached hydrogens (tertiary/aromatic N) is 5. The Balaban J connectivity index is 1.48. The van der Waals surface area contributed by atoms with E-state index >= 15 is 0 Å².